The van der Waals surface area contributed by atoms with E-state index in [0.29, 0.717) is 0 Å². The van der Waals surface area contributed by atoms with E-state index in [4.69, 9.17) is 33.6 Å². The summed E-state index contributed by atoms with van der Waals surface area (Å²) in [5.41, 5.74) is 0. The van der Waals surface area contributed by atoms with E-state index in [9.17, 15) is 0 Å². The van der Waals surface area contributed by atoms with Crippen molar-refractivity contribution in [2.75, 3.05) is 0 Å². The smallest absolute Gasteiger partial charge is 0.106 e. The van der Waals surface area contributed by atoms with E-state index >= 15 is 0 Å². The molecule has 0 rings (SSSR count). The summed E-state index contributed by atoms with van der Waals surface area (Å²) in [4.78, 5) is 56.0. The summed E-state index contributed by atoms with van der Waals surface area (Å²) < 4.78 is 0. The first-order valence-electron chi connectivity index (χ1n) is 2.02. The van der Waals surface area contributed by atoms with Crippen LogP contribution in [0.5, 0.6) is 0 Å². The molecule has 0 aliphatic heterocycles. The molecule has 0 spiro atoms. The first kappa shape index (κ1) is 71.5. The summed E-state index contributed by atoms with van der Waals surface area (Å²) >= 11 is 0. The first-order valence-corrected chi connectivity index (χ1v) is 2.02. The molecule has 0 aromatic heterocycles. The predicted octanol–water partition coefficient (Wildman–Crippen LogP) is -1.30. The SMILES string of the molecule is C=O.C=O.C=O.C=O.C=O.C=O.C=O.[Ru]. The van der Waals surface area contributed by atoms with Gasteiger partial charge in [-0.2, -0.15) is 0 Å². The fourth-order valence-electron chi connectivity index (χ4n) is 0. The molecule has 0 fully saturated rings. The van der Waals surface area contributed by atoms with Crippen LogP contribution < -0.4 is 0 Å². The van der Waals surface area contributed by atoms with Crippen molar-refractivity contribution in [2.45, 2.75) is 0 Å². The zero-order chi connectivity index (χ0) is 14.0. The molecule has 92 valence electrons. The number of rotatable bonds is 0. The topological polar surface area (TPSA) is 119 Å². The Balaban J connectivity index is -0.00000000628. The largest absolute Gasteiger partial charge is 0.307 e. The maximum atomic E-state index is 8.00. The van der Waals surface area contributed by atoms with Crippen molar-refractivity contribution >= 4 is 47.5 Å². The number of carbonyl (C=O) groups is 7. The Bertz CT molecular complexity index is 39.0. The predicted molar refractivity (Wildman–Crippen MR) is 49.8 cm³/mol. The van der Waals surface area contributed by atoms with Crippen molar-refractivity contribution in [3.05, 3.63) is 0 Å². The van der Waals surface area contributed by atoms with Gasteiger partial charge in [-0.1, -0.05) is 0 Å². The Morgan fingerprint density at radius 1 is 0.267 bits per heavy atom. The summed E-state index contributed by atoms with van der Waals surface area (Å²) in [5, 5.41) is 0. The van der Waals surface area contributed by atoms with Crippen molar-refractivity contribution < 1.29 is 53.0 Å². The van der Waals surface area contributed by atoms with Gasteiger partial charge < -0.3 is 33.6 Å². The molecular formula is C7H14O7Ru. The van der Waals surface area contributed by atoms with Crippen LogP contribution in [0.4, 0.5) is 0 Å². The van der Waals surface area contributed by atoms with Crippen LogP contribution >= 0.6 is 0 Å². The minimum Gasteiger partial charge on any atom is -0.307 e. The van der Waals surface area contributed by atoms with Gasteiger partial charge in [0.25, 0.3) is 0 Å². The summed E-state index contributed by atoms with van der Waals surface area (Å²) in [5.74, 6) is 0. The third-order valence-electron chi connectivity index (χ3n) is 0. The average Bonchev–Trinajstić information content (AvgIpc) is 2.45. The van der Waals surface area contributed by atoms with Gasteiger partial charge in [-0.25, -0.2) is 0 Å². The van der Waals surface area contributed by atoms with Crippen LogP contribution in [0.25, 0.3) is 0 Å². The molecule has 0 amide bonds. The van der Waals surface area contributed by atoms with Gasteiger partial charge in [-0.3, -0.25) is 0 Å². The average molecular weight is 311 g/mol. The van der Waals surface area contributed by atoms with Gasteiger partial charge in [0.05, 0.1) is 0 Å². The zero-order valence-corrected chi connectivity index (χ0v) is 9.90. The van der Waals surface area contributed by atoms with Crippen molar-refractivity contribution in [3.63, 3.8) is 0 Å². The van der Waals surface area contributed by atoms with Crippen LogP contribution in [0.1, 0.15) is 0 Å². The molecule has 0 saturated heterocycles. The number of carbonyl (C=O) groups excluding carboxylic acids is 7. The number of hydrogen-bond acceptors (Lipinski definition) is 7. The summed E-state index contributed by atoms with van der Waals surface area (Å²) in [7, 11) is 0. The number of hydrogen-bond donors (Lipinski definition) is 0. The molecule has 0 unspecified atom stereocenters. The zero-order valence-electron chi connectivity index (χ0n) is 8.16. The Labute approximate surface area is 101 Å². The summed E-state index contributed by atoms with van der Waals surface area (Å²) in [6.07, 6.45) is 0. The van der Waals surface area contributed by atoms with Crippen LogP contribution in [0, 0.1) is 0 Å². The molecule has 0 aliphatic rings. The maximum Gasteiger partial charge on any atom is 0.106 e. The van der Waals surface area contributed by atoms with Crippen LogP contribution in [-0.4, -0.2) is 47.5 Å². The second-order valence-corrected chi connectivity index (χ2v) is 0. The molecule has 0 aliphatic carbocycles. The molecule has 0 bridgehead atoms. The molecule has 0 aromatic rings. The molecule has 0 radical (unpaired) electrons. The first-order chi connectivity index (χ1) is 7.00. The minimum absolute atomic E-state index is 0. The van der Waals surface area contributed by atoms with Crippen LogP contribution in [-0.2, 0) is 53.0 Å². The summed E-state index contributed by atoms with van der Waals surface area (Å²) in [6, 6.07) is 0. The van der Waals surface area contributed by atoms with Gasteiger partial charge in [0.15, 0.2) is 0 Å². The molecule has 8 heteroatoms. The van der Waals surface area contributed by atoms with E-state index in [1.54, 1.807) is 0 Å². The molecule has 0 atom stereocenters. The molecule has 15 heavy (non-hydrogen) atoms. The second-order valence-electron chi connectivity index (χ2n) is 0. The fraction of sp³-hybridized carbons (Fsp3) is 0. The molecular weight excluding hydrogens is 297 g/mol. The monoisotopic (exact) mass is 312 g/mol. The molecule has 0 N–H and O–H groups in total. The maximum absolute atomic E-state index is 8.00. The van der Waals surface area contributed by atoms with Crippen LogP contribution in [0.15, 0.2) is 0 Å². The molecule has 0 aromatic carbocycles. The third-order valence-corrected chi connectivity index (χ3v) is 0. The van der Waals surface area contributed by atoms with Crippen molar-refractivity contribution in [3.8, 4) is 0 Å². The molecule has 0 heterocycles. The summed E-state index contributed by atoms with van der Waals surface area (Å²) in [6.45, 7) is 14.0. The van der Waals surface area contributed by atoms with Crippen molar-refractivity contribution in [1.82, 2.24) is 0 Å². The fourth-order valence-corrected chi connectivity index (χ4v) is 0. The Kier molecular flexibility index (Phi) is 2640. The Morgan fingerprint density at radius 2 is 0.267 bits per heavy atom. The van der Waals surface area contributed by atoms with Crippen molar-refractivity contribution in [1.29, 1.82) is 0 Å². The van der Waals surface area contributed by atoms with Gasteiger partial charge in [-0.05, 0) is 0 Å². The van der Waals surface area contributed by atoms with E-state index in [0.717, 1.165) is 0 Å². The van der Waals surface area contributed by atoms with E-state index in [1.807, 2.05) is 47.5 Å². The van der Waals surface area contributed by atoms with Crippen molar-refractivity contribution in [2.24, 2.45) is 0 Å². The Morgan fingerprint density at radius 3 is 0.267 bits per heavy atom. The Hall–Kier alpha value is -1.69. The van der Waals surface area contributed by atoms with E-state index in [2.05, 4.69) is 0 Å². The van der Waals surface area contributed by atoms with Gasteiger partial charge in [0.2, 0.25) is 0 Å². The van der Waals surface area contributed by atoms with Crippen LogP contribution in [0.2, 0.25) is 0 Å². The van der Waals surface area contributed by atoms with E-state index in [-0.39, 0.29) is 19.5 Å². The second kappa shape index (κ2) is 554. The van der Waals surface area contributed by atoms with Gasteiger partial charge in [0, 0.05) is 19.5 Å². The quantitative estimate of drug-likeness (QED) is 0.510. The van der Waals surface area contributed by atoms with Crippen LogP contribution in [0.3, 0.4) is 0 Å². The third kappa shape index (κ3) is 460. The minimum atomic E-state index is 0. The van der Waals surface area contributed by atoms with E-state index in [1.165, 1.54) is 0 Å². The van der Waals surface area contributed by atoms with E-state index < -0.39 is 0 Å². The molecule has 0 saturated carbocycles. The standard InChI is InChI=1S/7CH2O.Ru/c7*1-2;/h7*1H2;. The molecule has 7 nitrogen and oxygen atoms in total. The normalized spacial score (nSPS) is 1.87. The van der Waals surface area contributed by atoms with Gasteiger partial charge >= 0.3 is 0 Å². The van der Waals surface area contributed by atoms with Gasteiger partial charge in [-0.15, -0.1) is 0 Å². The van der Waals surface area contributed by atoms with Gasteiger partial charge in [0.1, 0.15) is 47.5 Å².